The summed E-state index contributed by atoms with van der Waals surface area (Å²) in [5.41, 5.74) is 6.97. The second-order valence-electron chi connectivity index (χ2n) is 10.7. The normalized spacial score (nSPS) is 23.2. The van der Waals surface area contributed by atoms with Crippen LogP contribution in [0.4, 0.5) is 11.5 Å². The molecule has 1 spiro atoms. The van der Waals surface area contributed by atoms with Crippen LogP contribution in [0.5, 0.6) is 0 Å². The fourth-order valence-electron chi connectivity index (χ4n) is 6.00. The monoisotopic (exact) mass is 490 g/mol. The zero-order valence-electron chi connectivity index (χ0n) is 21.2. The first-order valence-corrected chi connectivity index (χ1v) is 13.0. The maximum Gasteiger partial charge on any atom is 0.235 e. The van der Waals surface area contributed by atoms with Crippen molar-refractivity contribution in [1.29, 1.82) is 0 Å². The predicted molar refractivity (Wildman–Crippen MR) is 148 cm³/mol. The standard InChI is InChI=1S/C30H30N6O/c1-19-3-8-26-23(15-19)30(29(37)32-26)17-24(30)21-6-7-22-25(33-34-27(22)16-21)9-4-20-5-10-28(31-18-20)36-13-11-35(2)12-14-36/h3-10,15-16,18,24H,11-14,17H2,1-2H3,(H,32,37)(H,33,34)/b9-4+/t24-,30-/m1/s1. The van der Waals surface area contributed by atoms with Gasteiger partial charge in [0, 0.05) is 49.4 Å². The first kappa shape index (κ1) is 22.2. The molecule has 2 aromatic heterocycles. The molecule has 2 aromatic carbocycles. The number of pyridine rings is 1. The number of amides is 1. The van der Waals surface area contributed by atoms with Crippen molar-refractivity contribution in [3.63, 3.8) is 0 Å². The van der Waals surface area contributed by atoms with Gasteiger partial charge in [0.2, 0.25) is 5.91 Å². The number of aromatic nitrogens is 3. The summed E-state index contributed by atoms with van der Waals surface area (Å²) in [5, 5.41) is 11.9. The average molecular weight is 491 g/mol. The van der Waals surface area contributed by atoms with E-state index in [1.807, 2.05) is 18.3 Å². The second kappa shape index (κ2) is 8.28. The lowest BCUT2D eigenvalue weighted by molar-refractivity contribution is -0.118. The van der Waals surface area contributed by atoms with Crippen molar-refractivity contribution in [1.82, 2.24) is 20.1 Å². The fourth-order valence-corrected chi connectivity index (χ4v) is 6.00. The quantitative estimate of drug-likeness (QED) is 0.438. The Balaban J connectivity index is 1.10. The van der Waals surface area contributed by atoms with Crippen molar-refractivity contribution in [3.05, 3.63) is 82.7 Å². The average Bonchev–Trinajstić information content (AvgIpc) is 3.46. The number of fused-ring (bicyclic) bond motifs is 3. The number of carbonyl (C=O) groups is 1. The van der Waals surface area contributed by atoms with E-state index in [1.54, 1.807) is 0 Å². The van der Waals surface area contributed by atoms with Gasteiger partial charge in [0.1, 0.15) is 5.82 Å². The Morgan fingerprint density at radius 2 is 1.89 bits per heavy atom. The Morgan fingerprint density at radius 1 is 1.03 bits per heavy atom. The van der Waals surface area contributed by atoms with E-state index in [0.29, 0.717) is 0 Å². The number of nitrogens with one attached hydrogen (secondary N) is 2. The largest absolute Gasteiger partial charge is 0.354 e. The highest BCUT2D eigenvalue weighted by molar-refractivity contribution is 6.10. The molecule has 4 aromatic rings. The summed E-state index contributed by atoms with van der Waals surface area (Å²) in [6.45, 7) is 6.24. The van der Waals surface area contributed by atoms with E-state index in [2.05, 4.69) is 92.8 Å². The number of hydrogen-bond acceptors (Lipinski definition) is 5. The van der Waals surface area contributed by atoms with Gasteiger partial charge in [-0.2, -0.15) is 5.10 Å². The smallest absolute Gasteiger partial charge is 0.235 e. The van der Waals surface area contributed by atoms with Gasteiger partial charge >= 0.3 is 0 Å². The predicted octanol–water partition coefficient (Wildman–Crippen LogP) is 4.57. The van der Waals surface area contributed by atoms with Crippen LogP contribution in [-0.4, -0.2) is 59.2 Å². The zero-order valence-corrected chi connectivity index (χ0v) is 21.2. The summed E-state index contributed by atoms with van der Waals surface area (Å²) in [4.78, 5) is 22.3. The Morgan fingerprint density at radius 3 is 2.70 bits per heavy atom. The van der Waals surface area contributed by atoms with Gasteiger partial charge in [-0.25, -0.2) is 4.98 Å². The number of carbonyl (C=O) groups excluding carboxylic acids is 1. The van der Waals surface area contributed by atoms with Crippen LogP contribution in [0.25, 0.3) is 23.1 Å². The SMILES string of the molecule is Cc1ccc2c(c1)[C@@]1(C[C@@H]1c1ccc3c(/C=C/c4ccc(N5CCN(C)CC5)nc4)n[nH]c3c1)C(=O)N2. The summed E-state index contributed by atoms with van der Waals surface area (Å²) in [6, 6.07) is 16.9. The van der Waals surface area contributed by atoms with Gasteiger partial charge in [-0.1, -0.05) is 35.9 Å². The van der Waals surface area contributed by atoms with Crippen LogP contribution < -0.4 is 10.2 Å². The maximum absolute atomic E-state index is 13.0. The number of aromatic amines is 1. The van der Waals surface area contributed by atoms with E-state index in [1.165, 1.54) is 11.1 Å². The summed E-state index contributed by atoms with van der Waals surface area (Å²) in [5.74, 6) is 1.35. The van der Waals surface area contributed by atoms with E-state index in [-0.39, 0.29) is 11.8 Å². The van der Waals surface area contributed by atoms with E-state index >= 15 is 0 Å². The molecule has 37 heavy (non-hydrogen) atoms. The van der Waals surface area contributed by atoms with E-state index < -0.39 is 5.41 Å². The minimum absolute atomic E-state index is 0.124. The van der Waals surface area contributed by atoms with Gasteiger partial charge in [-0.15, -0.1) is 0 Å². The molecule has 186 valence electrons. The third-order valence-corrected chi connectivity index (χ3v) is 8.32. The fraction of sp³-hybridized carbons (Fsp3) is 0.300. The Kier molecular flexibility index (Phi) is 4.98. The van der Waals surface area contributed by atoms with Crippen molar-refractivity contribution in [3.8, 4) is 0 Å². The molecule has 1 aliphatic carbocycles. The third-order valence-electron chi connectivity index (χ3n) is 8.32. The molecule has 1 saturated heterocycles. The van der Waals surface area contributed by atoms with E-state index in [4.69, 9.17) is 0 Å². The molecule has 0 unspecified atom stereocenters. The number of benzene rings is 2. The third kappa shape index (κ3) is 3.64. The number of rotatable bonds is 4. The van der Waals surface area contributed by atoms with Crippen LogP contribution in [0.15, 0.2) is 54.7 Å². The highest BCUT2D eigenvalue weighted by atomic mass is 16.2. The first-order valence-electron chi connectivity index (χ1n) is 13.0. The Labute approximate surface area is 216 Å². The molecular formula is C30H30N6O. The van der Waals surface area contributed by atoms with Gasteiger partial charge in [0.05, 0.1) is 16.6 Å². The topological polar surface area (TPSA) is 77.2 Å². The molecule has 4 heterocycles. The number of piperazine rings is 1. The van der Waals surface area contributed by atoms with Crippen molar-refractivity contribution in [2.45, 2.75) is 24.7 Å². The number of anilines is 2. The molecule has 7 nitrogen and oxygen atoms in total. The van der Waals surface area contributed by atoms with Crippen LogP contribution in [0.3, 0.4) is 0 Å². The molecule has 3 aliphatic rings. The molecule has 7 rings (SSSR count). The summed E-state index contributed by atoms with van der Waals surface area (Å²) in [7, 11) is 2.16. The summed E-state index contributed by atoms with van der Waals surface area (Å²) in [6.07, 6.45) is 6.87. The minimum Gasteiger partial charge on any atom is -0.354 e. The summed E-state index contributed by atoms with van der Waals surface area (Å²) >= 11 is 0. The number of aryl methyl sites for hydroxylation is 1. The van der Waals surface area contributed by atoms with Crippen LogP contribution in [-0.2, 0) is 10.2 Å². The number of likely N-dealkylation sites (N-methyl/N-ethyl adjacent to an activating group) is 1. The van der Waals surface area contributed by atoms with Gasteiger partial charge in [0.25, 0.3) is 0 Å². The molecule has 2 aliphatic heterocycles. The van der Waals surface area contributed by atoms with Crippen LogP contribution in [0, 0.1) is 6.92 Å². The number of H-pyrrole nitrogens is 1. The molecule has 0 radical (unpaired) electrons. The highest BCUT2D eigenvalue weighted by Crippen LogP contribution is 2.65. The number of hydrogen-bond donors (Lipinski definition) is 2. The van der Waals surface area contributed by atoms with E-state index in [0.717, 1.165) is 71.8 Å². The lowest BCUT2D eigenvalue weighted by Crippen LogP contribution is -2.44. The Bertz CT molecular complexity index is 1550. The maximum atomic E-state index is 13.0. The highest BCUT2D eigenvalue weighted by Gasteiger charge is 2.65. The van der Waals surface area contributed by atoms with Crippen LogP contribution >= 0.6 is 0 Å². The first-order chi connectivity index (χ1) is 18.0. The Hall–Kier alpha value is -3.97. The van der Waals surface area contributed by atoms with Gasteiger partial charge in [0.15, 0.2) is 0 Å². The van der Waals surface area contributed by atoms with Crippen LogP contribution in [0.1, 0.15) is 40.3 Å². The molecule has 7 heteroatoms. The molecule has 1 saturated carbocycles. The summed E-state index contributed by atoms with van der Waals surface area (Å²) < 4.78 is 0. The van der Waals surface area contributed by atoms with Crippen molar-refractivity contribution in [2.75, 3.05) is 43.4 Å². The van der Waals surface area contributed by atoms with Gasteiger partial charge in [-0.05, 0) is 67.4 Å². The van der Waals surface area contributed by atoms with Gasteiger partial charge in [-0.3, -0.25) is 9.89 Å². The van der Waals surface area contributed by atoms with Crippen molar-refractivity contribution in [2.24, 2.45) is 0 Å². The molecule has 2 N–H and O–H groups in total. The van der Waals surface area contributed by atoms with Crippen molar-refractivity contribution < 1.29 is 4.79 Å². The molecule has 2 fully saturated rings. The lowest BCUT2D eigenvalue weighted by atomic mass is 9.91. The molecule has 0 bridgehead atoms. The lowest BCUT2D eigenvalue weighted by Gasteiger charge is -2.33. The molecular weight excluding hydrogens is 460 g/mol. The van der Waals surface area contributed by atoms with Crippen molar-refractivity contribution >= 4 is 40.5 Å². The van der Waals surface area contributed by atoms with Gasteiger partial charge < -0.3 is 15.1 Å². The van der Waals surface area contributed by atoms with E-state index in [9.17, 15) is 4.79 Å². The minimum atomic E-state index is -0.429. The second-order valence-corrected chi connectivity index (χ2v) is 10.7. The molecule has 1 amide bonds. The van der Waals surface area contributed by atoms with Crippen LogP contribution in [0.2, 0.25) is 0 Å². The zero-order chi connectivity index (χ0) is 25.1. The molecule has 2 atom stereocenters. The number of nitrogens with zero attached hydrogens (tertiary/aromatic N) is 4.